The van der Waals surface area contributed by atoms with Crippen molar-refractivity contribution in [2.75, 3.05) is 14.2 Å². The topological polar surface area (TPSA) is 31.4 Å². The summed E-state index contributed by atoms with van der Waals surface area (Å²) in [5.41, 5.74) is 3.74. The Labute approximate surface area is 162 Å². The van der Waals surface area contributed by atoms with E-state index in [9.17, 15) is 0 Å². The van der Waals surface area contributed by atoms with Crippen LogP contribution >= 0.6 is 0 Å². The van der Waals surface area contributed by atoms with Gasteiger partial charge in [-0.1, -0.05) is 25.5 Å². The fourth-order valence-electron chi connectivity index (χ4n) is 3.67. The molecule has 1 aromatic heterocycles. The van der Waals surface area contributed by atoms with Gasteiger partial charge in [0.1, 0.15) is 11.5 Å². The Bertz CT molecular complexity index is 858. The number of fused-ring (bicyclic) bond motifs is 1. The lowest BCUT2D eigenvalue weighted by Gasteiger charge is -2.17. The van der Waals surface area contributed by atoms with Crippen LogP contribution in [0.25, 0.3) is 10.9 Å². The molecule has 3 aromatic rings. The number of aryl methyl sites for hydroxylation is 1. The van der Waals surface area contributed by atoms with E-state index in [4.69, 9.17) is 9.47 Å². The molecule has 0 N–H and O–H groups in total. The molecule has 1 heterocycles. The molecule has 0 saturated heterocycles. The molecule has 0 spiro atoms. The predicted octanol–water partition coefficient (Wildman–Crippen LogP) is 5.97. The van der Waals surface area contributed by atoms with E-state index in [1.165, 1.54) is 16.5 Å². The first-order valence-corrected chi connectivity index (χ1v) is 9.60. The van der Waals surface area contributed by atoms with Crippen LogP contribution in [0.1, 0.15) is 42.7 Å². The maximum absolute atomic E-state index is 5.38. The molecule has 0 aliphatic rings. The smallest absolute Gasteiger partial charge is 0.119 e. The molecule has 0 unspecified atom stereocenters. The number of benzene rings is 2. The minimum Gasteiger partial charge on any atom is -0.497 e. The molecule has 3 heteroatoms. The third-order valence-electron chi connectivity index (χ3n) is 5.18. The highest BCUT2D eigenvalue weighted by Crippen LogP contribution is 2.30. The molecule has 2 aromatic carbocycles. The molecule has 0 saturated carbocycles. The van der Waals surface area contributed by atoms with E-state index in [0.717, 1.165) is 49.1 Å². The summed E-state index contributed by atoms with van der Waals surface area (Å²) in [5.74, 6) is 2.32. The number of rotatable bonds is 9. The van der Waals surface area contributed by atoms with Crippen LogP contribution in [0.15, 0.2) is 54.7 Å². The van der Waals surface area contributed by atoms with Crippen molar-refractivity contribution in [3.8, 4) is 11.5 Å². The highest BCUT2D eigenvalue weighted by Gasteiger charge is 2.12. The molecule has 0 aliphatic heterocycles. The molecule has 3 rings (SSSR count). The van der Waals surface area contributed by atoms with Crippen LogP contribution in [-0.2, 0) is 6.42 Å². The van der Waals surface area contributed by atoms with Gasteiger partial charge in [0.05, 0.1) is 19.7 Å². The molecule has 0 bridgehead atoms. The standard InChI is InChI=1S/C24H28NO2/c1-4-6-18(19-9-11-21(26-2)12-10-19)7-5-8-20-15-16-25-24-14-13-22(27-3)17-23(20)24/h9-18H,1,4-8H2,2-3H3/t18-/m1/s1. The van der Waals surface area contributed by atoms with Crippen LogP contribution in [0, 0.1) is 6.92 Å². The lowest BCUT2D eigenvalue weighted by molar-refractivity contribution is 0.414. The Morgan fingerprint density at radius 1 is 0.926 bits per heavy atom. The summed E-state index contributed by atoms with van der Waals surface area (Å²) in [6.45, 7) is 4.06. The average Bonchev–Trinajstić information content (AvgIpc) is 2.73. The minimum absolute atomic E-state index is 0.538. The summed E-state index contributed by atoms with van der Waals surface area (Å²) in [5, 5.41) is 1.19. The van der Waals surface area contributed by atoms with Crippen LogP contribution in [0.4, 0.5) is 0 Å². The van der Waals surface area contributed by atoms with Gasteiger partial charge >= 0.3 is 0 Å². The number of pyridine rings is 1. The first kappa shape index (κ1) is 19.2. The van der Waals surface area contributed by atoms with Crippen molar-refractivity contribution in [2.24, 2.45) is 0 Å². The number of hydrogen-bond acceptors (Lipinski definition) is 3. The van der Waals surface area contributed by atoms with E-state index >= 15 is 0 Å². The summed E-state index contributed by atoms with van der Waals surface area (Å²) in [6.07, 6.45) is 7.28. The van der Waals surface area contributed by atoms with E-state index < -0.39 is 0 Å². The van der Waals surface area contributed by atoms with Gasteiger partial charge in [0, 0.05) is 11.6 Å². The molecule has 0 fully saturated rings. The largest absolute Gasteiger partial charge is 0.497 e. The minimum atomic E-state index is 0.538. The number of hydrogen-bond donors (Lipinski definition) is 0. The Hall–Kier alpha value is -2.55. The number of methoxy groups -OCH3 is 2. The quantitative estimate of drug-likeness (QED) is 0.470. The molecule has 3 nitrogen and oxygen atoms in total. The SMILES string of the molecule is [CH2]CC[C@H](CCCc1ccnc2ccc(OC)cc12)c1ccc(OC)cc1. The maximum atomic E-state index is 5.38. The number of nitrogens with zero attached hydrogens (tertiary/aromatic N) is 1. The summed E-state index contributed by atoms with van der Waals surface area (Å²) < 4.78 is 10.7. The van der Waals surface area contributed by atoms with E-state index in [2.05, 4.69) is 36.2 Å². The lowest BCUT2D eigenvalue weighted by Crippen LogP contribution is -2.01. The van der Waals surface area contributed by atoms with Crippen molar-refractivity contribution in [3.05, 3.63) is 72.8 Å². The van der Waals surface area contributed by atoms with Crippen molar-refractivity contribution in [1.29, 1.82) is 0 Å². The average molecular weight is 362 g/mol. The van der Waals surface area contributed by atoms with Gasteiger partial charge < -0.3 is 9.47 Å². The van der Waals surface area contributed by atoms with Gasteiger partial charge in [-0.25, -0.2) is 0 Å². The Morgan fingerprint density at radius 3 is 2.37 bits per heavy atom. The Balaban J connectivity index is 1.70. The number of ether oxygens (including phenoxy) is 2. The second kappa shape index (κ2) is 9.40. The first-order valence-electron chi connectivity index (χ1n) is 9.60. The van der Waals surface area contributed by atoms with Crippen molar-refractivity contribution in [1.82, 2.24) is 4.98 Å². The van der Waals surface area contributed by atoms with E-state index in [1.54, 1.807) is 14.2 Å². The van der Waals surface area contributed by atoms with Gasteiger partial charge in [-0.05, 0) is 79.1 Å². The molecule has 1 atom stereocenters. The molecule has 1 radical (unpaired) electrons. The van der Waals surface area contributed by atoms with Crippen LogP contribution in [0.2, 0.25) is 0 Å². The van der Waals surface area contributed by atoms with Crippen LogP contribution in [0.5, 0.6) is 11.5 Å². The Morgan fingerprint density at radius 2 is 1.67 bits per heavy atom. The van der Waals surface area contributed by atoms with Crippen molar-refractivity contribution >= 4 is 10.9 Å². The highest BCUT2D eigenvalue weighted by molar-refractivity contribution is 5.83. The number of aromatic nitrogens is 1. The normalized spacial score (nSPS) is 12.1. The molecule has 0 amide bonds. The van der Waals surface area contributed by atoms with Crippen molar-refractivity contribution in [2.45, 2.75) is 38.0 Å². The van der Waals surface area contributed by atoms with Gasteiger partial charge in [0.2, 0.25) is 0 Å². The van der Waals surface area contributed by atoms with Gasteiger partial charge in [-0.2, -0.15) is 0 Å². The first-order chi connectivity index (χ1) is 13.2. The second-order valence-electron chi connectivity index (χ2n) is 6.86. The monoisotopic (exact) mass is 362 g/mol. The van der Waals surface area contributed by atoms with Gasteiger partial charge in [0.15, 0.2) is 0 Å². The van der Waals surface area contributed by atoms with Crippen LogP contribution in [0.3, 0.4) is 0 Å². The predicted molar refractivity (Wildman–Crippen MR) is 112 cm³/mol. The van der Waals surface area contributed by atoms with Crippen LogP contribution in [-0.4, -0.2) is 19.2 Å². The van der Waals surface area contributed by atoms with E-state index in [-0.39, 0.29) is 0 Å². The van der Waals surface area contributed by atoms with Crippen molar-refractivity contribution in [3.63, 3.8) is 0 Å². The zero-order valence-electron chi connectivity index (χ0n) is 16.3. The van der Waals surface area contributed by atoms with Gasteiger partial charge in [0.25, 0.3) is 0 Å². The second-order valence-corrected chi connectivity index (χ2v) is 6.86. The third-order valence-corrected chi connectivity index (χ3v) is 5.18. The van der Waals surface area contributed by atoms with E-state index in [1.807, 2.05) is 30.5 Å². The van der Waals surface area contributed by atoms with Gasteiger partial charge in [-0.3, -0.25) is 4.98 Å². The third kappa shape index (κ3) is 4.79. The zero-order chi connectivity index (χ0) is 19.1. The summed E-state index contributed by atoms with van der Waals surface area (Å²) >= 11 is 0. The molecule has 27 heavy (non-hydrogen) atoms. The molecule has 141 valence electrons. The summed E-state index contributed by atoms with van der Waals surface area (Å²) in [6, 6.07) is 16.7. The maximum Gasteiger partial charge on any atom is 0.119 e. The lowest BCUT2D eigenvalue weighted by atomic mass is 9.88. The zero-order valence-corrected chi connectivity index (χ0v) is 16.3. The van der Waals surface area contributed by atoms with E-state index in [0.29, 0.717) is 5.92 Å². The molecular formula is C24H28NO2. The highest BCUT2D eigenvalue weighted by atomic mass is 16.5. The summed E-state index contributed by atoms with van der Waals surface area (Å²) in [4.78, 5) is 4.48. The van der Waals surface area contributed by atoms with Crippen molar-refractivity contribution < 1.29 is 9.47 Å². The Kier molecular flexibility index (Phi) is 6.69. The summed E-state index contributed by atoms with van der Waals surface area (Å²) in [7, 11) is 3.41. The molecular weight excluding hydrogens is 334 g/mol. The fraction of sp³-hybridized carbons (Fsp3) is 0.333. The van der Waals surface area contributed by atoms with Gasteiger partial charge in [-0.15, -0.1) is 0 Å². The molecule has 0 aliphatic carbocycles. The van der Waals surface area contributed by atoms with Crippen LogP contribution < -0.4 is 9.47 Å². The fourth-order valence-corrected chi connectivity index (χ4v) is 3.67.